The Morgan fingerprint density at radius 3 is 2.41 bits per heavy atom. The molecule has 4 N–H and O–H groups in total. The lowest BCUT2D eigenvalue weighted by atomic mass is 9.91. The van der Waals surface area contributed by atoms with Crippen LogP contribution in [0, 0.1) is 18.3 Å². The standard InChI is InChI=1S/C43H51F3N8O5/c1-26(29-19-30(43(44,45)46)21-31(47)20-29)48-40-34-22-37(36(58-4)23-35(34)49-27(2)50-40)59-25-42(14-15-42)24-52(3)39(56)10-5-28-11-16-53(17-12-28)32-6-8-33(9-7-32)54-18-13-38(55)51-41(54)57/h6-9,19-23,26,28H,5,10-18,24-25,47H2,1-4H3,(H,48,49,50)(H,51,55,57)/t26-/m1/s1. The van der Waals surface area contributed by atoms with Gasteiger partial charge in [-0.05, 0) is 106 Å². The van der Waals surface area contributed by atoms with E-state index >= 15 is 0 Å². The number of benzene rings is 3. The number of aromatic nitrogens is 2. The number of nitrogens with zero attached hydrogens (tertiary/aromatic N) is 5. The van der Waals surface area contributed by atoms with Crippen molar-refractivity contribution in [2.45, 2.75) is 71.0 Å². The number of nitrogens with one attached hydrogen (secondary N) is 2. The monoisotopic (exact) mass is 816 g/mol. The number of methoxy groups -OCH3 is 1. The number of hydrogen-bond acceptors (Lipinski definition) is 10. The van der Waals surface area contributed by atoms with E-state index in [4.69, 9.17) is 15.2 Å². The molecule has 1 atom stereocenters. The Balaban J connectivity index is 0.918. The third-order valence-electron chi connectivity index (χ3n) is 11.7. The fourth-order valence-corrected chi connectivity index (χ4v) is 8.01. The van der Waals surface area contributed by atoms with Crippen molar-refractivity contribution in [3.63, 3.8) is 0 Å². The number of piperidine rings is 1. The van der Waals surface area contributed by atoms with Crippen LogP contribution < -0.4 is 35.6 Å². The number of carbonyl (C=O) groups excluding carboxylic acids is 3. The minimum Gasteiger partial charge on any atom is -0.493 e. The van der Waals surface area contributed by atoms with Crippen LogP contribution in [-0.2, 0) is 15.8 Å². The highest BCUT2D eigenvalue weighted by Gasteiger charge is 2.45. The van der Waals surface area contributed by atoms with E-state index in [-0.39, 0.29) is 29.3 Å². The molecule has 1 aromatic heterocycles. The average Bonchev–Trinajstić information content (AvgIpc) is 3.97. The van der Waals surface area contributed by atoms with Crippen LogP contribution in [-0.4, -0.2) is 79.7 Å². The second-order valence-corrected chi connectivity index (χ2v) is 16.2. The number of aryl methyl sites for hydroxylation is 1. The van der Waals surface area contributed by atoms with Crippen LogP contribution in [0.5, 0.6) is 11.5 Å². The van der Waals surface area contributed by atoms with Crippen molar-refractivity contribution in [1.82, 2.24) is 20.2 Å². The van der Waals surface area contributed by atoms with Crippen LogP contribution in [0.15, 0.2) is 54.6 Å². The van der Waals surface area contributed by atoms with E-state index < -0.39 is 23.8 Å². The zero-order chi connectivity index (χ0) is 42.1. The predicted octanol–water partition coefficient (Wildman–Crippen LogP) is 7.48. The van der Waals surface area contributed by atoms with Gasteiger partial charge in [0.25, 0.3) is 0 Å². The summed E-state index contributed by atoms with van der Waals surface area (Å²) in [5, 5.41) is 6.23. The number of halogens is 3. The van der Waals surface area contributed by atoms with Crippen molar-refractivity contribution in [3.8, 4) is 11.5 Å². The largest absolute Gasteiger partial charge is 0.493 e. The third kappa shape index (κ3) is 9.74. The molecule has 0 radical (unpaired) electrons. The first-order valence-electron chi connectivity index (χ1n) is 20.0. The number of nitrogen functional groups attached to an aromatic ring is 1. The Morgan fingerprint density at radius 2 is 1.75 bits per heavy atom. The lowest BCUT2D eigenvalue weighted by Gasteiger charge is -2.34. The van der Waals surface area contributed by atoms with Gasteiger partial charge in [0.05, 0.1) is 30.8 Å². The first-order chi connectivity index (χ1) is 28.1. The van der Waals surface area contributed by atoms with E-state index in [0.29, 0.717) is 71.6 Å². The number of nitrogens with two attached hydrogens (primary N) is 1. The number of urea groups is 1. The van der Waals surface area contributed by atoms with Crippen molar-refractivity contribution in [2.75, 3.05) is 67.8 Å². The van der Waals surface area contributed by atoms with Crippen LogP contribution in [0.1, 0.15) is 74.9 Å². The summed E-state index contributed by atoms with van der Waals surface area (Å²) in [4.78, 5) is 52.0. The van der Waals surface area contributed by atoms with Gasteiger partial charge < -0.3 is 30.3 Å². The SMILES string of the molecule is COc1cc2nc(C)nc(N[C@H](C)c3cc(N)cc(C(F)(F)F)c3)c2cc1OCC1(CN(C)C(=O)CCC2CCN(c3ccc(N4CCC(=O)NC4=O)cc3)CC2)CC1. The molecule has 314 valence electrons. The Labute approximate surface area is 341 Å². The van der Waals surface area contributed by atoms with Gasteiger partial charge in [0.15, 0.2) is 11.5 Å². The number of rotatable bonds is 14. The number of hydrogen-bond donors (Lipinski definition) is 3. The molecule has 1 saturated carbocycles. The maximum atomic E-state index is 13.5. The summed E-state index contributed by atoms with van der Waals surface area (Å²) in [5.74, 6) is 2.16. The number of fused-ring (bicyclic) bond motifs is 1. The van der Waals surface area contributed by atoms with Gasteiger partial charge in [-0.3, -0.25) is 19.8 Å². The first kappa shape index (κ1) is 41.4. The zero-order valence-corrected chi connectivity index (χ0v) is 33.8. The van der Waals surface area contributed by atoms with E-state index in [1.165, 1.54) is 6.07 Å². The van der Waals surface area contributed by atoms with Gasteiger partial charge in [0.1, 0.15) is 11.6 Å². The average molecular weight is 817 g/mol. The van der Waals surface area contributed by atoms with E-state index in [0.717, 1.165) is 68.7 Å². The highest BCUT2D eigenvalue weighted by molar-refractivity contribution is 6.05. The summed E-state index contributed by atoms with van der Waals surface area (Å²) in [6, 6.07) is 13.9. The van der Waals surface area contributed by atoms with Crippen molar-refractivity contribution < 1.29 is 37.0 Å². The van der Waals surface area contributed by atoms with Gasteiger partial charge >= 0.3 is 12.2 Å². The topological polar surface area (TPSA) is 155 Å². The maximum absolute atomic E-state index is 13.5. The van der Waals surface area contributed by atoms with Crippen LogP contribution in [0.25, 0.3) is 10.9 Å². The third-order valence-corrected chi connectivity index (χ3v) is 11.7. The molecule has 3 fully saturated rings. The molecule has 3 aromatic carbocycles. The summed E-state index contributed by atoms with van der Waals surface area (Å²) in [5.41, 5.74) is 7.63. The minimum atomic E-state index is -4.54. The van der Waals surface area contributed by atoms with Gasteiger partial charge in [-0.15, -0.1) is 0 Å². The predicted molar refractivity (Wildman–Crippen MR) is 220 cm³/mol. The summed E-state index contributed by atoms with van der Waals surface area (Å²) in [6.45, 7) is 6.55. The Hall–Kier alpha value is -5.80. The van der Waals surface area contributed by atoms with Gasteiger partial charge in [-0.1, -0.05) is 0 Å². The second-order valence-electron chi connectivity index (χ2n) is 16.2. The molecule has 13 nitrogen and oxygen atoms in total. The Kier molecular flexibility index (Phi) is 11.8. The molecule has 59 heavy (non-hydrogen) atoms. The smallest absolute Gasteiger partial charge is 0.416 e. The summed E-state index contributed by atoms with van der Waals surface area (Å²) >= 11 is 0. The number of imide groups is 1. The number of ether oxygens (including phenoxy) is 2. The van der Waals surface area contributed by atoms with Gasteiger partial charge in [0.2, 0.25) is 11.8 Å². The molecule has 0 spiro atoms. The van der Waals surface area contributed by atoms with Crippen molar-refractivity contribution in [3.05, 3.63) is 71.5 Å². The molecule has 3 aliphatic rings. The van der Waals surface area contributed by atoms with E-state index in [2.05, 4.69) is 25.5 Å². The van der Waals surface area contributed by atoms with Gasteiger partial charge in [0, 0.05) is 80.0 Å². The minimum absolute atomic E-state index is 0.0133. The van der Waals surface area contributed by atoms with E-state index in [9.17, 15) is 27.6 Å². The fraction of sp³-hybridized carbons (Fsp3) is 0.465. The summed E-state index contributed by atoms with van der Waals surface area (Å²) < 4.78 is 52.7. The number of anilines is 4. The molecular weight excluding hydrogens is 766 g/mol. The molecule has 7 rings (SSSR count). The molecular formula is C43H51F3N8O5. The fourth-order valence-electron chi connectivity index (χ4n) is 8.01. The van der Waals surface area contributed by atoms with Crippen LogP contribution in [0.2, 0.25) is 0 Å². The van der Waals surface area contributed by atoms with E-state index in [1.54, 1.807) is 38.0 Å². The molecule has 0 unspecified atom stereocenters. The summed E-state index contributed by atoms with van der Waals surface area (Å²) in [6.07, 6.45) is 0.856. The zero-order valence-electron chi connectivity index (χ0n) is 33.8. The normalized spacial score (nSPS) is 17.4. The van der Waals surface area contributed by atoms with Gasteiger partial charge in [-0.2, -0.15) is 13.2 Å². The number of carbonyl (C=O) groups is 3. The molecule has 16 heteroatoms. The second kappa shape index (κ2) is 16.8. The van der Waals surface area contributed by atoms with Crippen molar-refractivity contribution in [2.24, 2.45) is 11.3 Å². The maximum Gasteiger partial charge on any atom is 0.416 e. The quantitative estimate of drug-likeness (QED) is 0.109. The van der Waals surface area contributed by atoms with Gasteiger partial charge in [-0.25, -0.2) is 14.8 Å². The Bertz CT molecular complexity index is 2210. The first-order valence-corrected chi connectivity index (χ1v) is 20.0. The number of amides is 4. The Morgan fingerprint density at radius 1 is 1.03 bits per heavy atom. The van der Waals surface area contributed by atoms with Crippen LogP contribution in [0.4, 0.5) is 40.8 Å². The number of alkyl halides is 3. The highest BCUT2D eigenvalue weighted by Crippen LogP contribution is 2.47. The summed E-state index contributed by atoms with van der Waals surface area (Å²) in [7, 11) is 3.40. The van der Waals surface area contributed by atoms with Crippen molar-refractivity contribution in [1.29, 1.82) is 0 Å². The molecule has 4 amide bonds. The lowest BCUT2D eigenvalue weighted by molar-refractivity contribution is -0.137. The van der Waals surface area contributed by atoms with Crippen molar-refractivity contribution >= 4 is 51.6 Å². The lowest BCUT2D eigenvalue weighted by Crippen LogP contribution is -2.49. The molecule has 4 aromatic rings. The highest BCUT2D eigenvalue weighted by atomic mass is 19.4. The molecule has 3 heterocycles. The van der Waals surface area contributed by atoms with Crippen LogP contribution >= 0.6 is 0 Å². The molecule has 1 aliphatic carbocycles. The molecule has 2 saturated heterocycles. The van der Waals surface area contributed by atoms with E-state index in [1.807, 2.05) is 36.2 Å². The molecule has 2 aliphatic heterocycles. The van der Waals surface area contributed by atoms with Crippen LogP contribution in [0.3, 0.4) is 0 Å². The molecule has 0 bridgehead atoms.